The summed E-state index contributed by atoms with van der Waals surface area (Å²) in [5, 5.41) is 0. The minimum Gasteiger partial charge on any atom is -0.418 e. The number of carbonyl (C=O) groups excluding carboxylic acids is 2. The van der Waals surface area contributed by atoms with Crippen molar-refractivity contribution in [2.45, 2.75) is 0 Å². The number of rotatable bonds is 3. The van der Waals surface area contributed by atoms with Gasteiger partial charge in [0.1, 0.15) is 6.29 Å². The summed E-state index contributed by atoms with van der Waals surface area (Å²) in [4.78, 5) is 21.8. The Morgan fingerprint density at radius 2 is 1.92 bits per heavy atom. The molecule has 0 bridgehead atoms. The Bertz CT molecular complexity index is 206. The van der Waals surface area contributed by atoms with Crippen molar-refractivity contribution < 1.29 is 14.3 Å². The van der Waals surface area contributed by atoms with Crippen molar-refractivity contribution in [1.82, 2.24) is 4.90 Å². The predicted octanol–water partition coefficient (Wildman–Crippen LogP) is 0.953. The van der Waals surface area contributed by atoms with Gasteiger partial charge < -0.3 is 9.64 Å². The Morgan fingerprint density at radius 3 is 2.42 bits per heavy atom. The van der Waals surface area contributed by atoms with E-state index in [1.54, 1.807) is 14.1 Å². The predicted molar refractivity (Wildman–Crippen MR) is 44.5 cm³/mol. The van der Waals surface area contributed by atoms with Gasteiger partial charge in [-0.1, -0.05) is 6.08 Å². The highest BCUT2D eigenvalue weighted by Gasteiger charge is 1.99. The summed E-state index contributed by atoms with van der Waals surface area (Å²) in [6.07, 6.45) is 5.61. The second-order valence-corrected chi connectivity index (χ2v) is 2.13. The van der Waals surface area contributed by atoms with Crippen LogP contribution in [0.2, 0.25) is 0 Å². The van der Waals surface area contributed by atoms with Gasteiger partial charge in [0.25, 0.3) is 0 Å². The maximum atomic E-state index is 10.7. The molecule has 0 unspecified atom stereocenters. The lowest BCUT2D eigenvalue weighted by molar-refractivity contribution is -0.104. The second kappa shape index (κ2) is 6.15. The maximum Gasteiger partial charge on any atom is 0.414 e. The van der Waals surface area contributed by atoms with Gasteiger partial charge in [-0.2, -0.15) is 0 Å². The second-order valence-electron chi connectivity index (χ2n) is 2.13. The SMILES string of the molecule is CN(C)C(=O)O/C=C/C=C/C=O. The third-order valence-electron chi connectivity index (χ3n) is 0.913. The van der Waals surface area contributed by atoms with E-state index in [9.17, 15) is 9.59 Å². The third kappa shape index (κ3) is 5.22. The minimum absolute atomic E-state index is 0.453. The number of amides is 1. The number of nitrogens with zero attached hydrogens (tertiary/aromatic N) is 1. The molecule has 0 heterocycles. The number of ether oxygens (including phenoxy) is 1. The van der Waals surface area contributed by atoms with Crippen LogP contribution in [0.5, 0.6) is 0 Å². The number of hydrogen-bond acceptors (Lipinski definition) is 3. The summed E-state index contributed by atoms with van der Waals surface area (Å²) in [5.74, 6) is 0. The van der Waals surface area contributed by atoms with E-state index in [4.69, 9.17) is 0 Å². The van der Waals surface area contributed by atoms with Gasteiger partial charge in [-0.15, -0.1) is 0 Å². The van der Waals surface area contributed by atoms with Crippen molar-refractivity contribution >= 4 is 12.4 Å². The normalized spacial score (nSPS) is 10.5. The van der Waals surface area contributed by atoms with Crippen LogP contribution in [0.4, 0.5) is 4.79 Å². The summed E-state index contributed by atoms with van der Waals surface area (Å²) < 4.78 is 4.59. The monoisotopic (exact) mass is 169 g/mol. The van der Waals surface area contributed by atoms with E-state index in [2.05, 4.69) is 4.74 Å². The van der Waals surface area contributed by atoms with Gasteiger partial charge in [0.2, 0.25) is 0 Å². The van der Waals surface area contributed by atoms with E-state index in [0.717, 1.165) is 0 Å². The highest BCUT2D eigenvalue weighted by atomic mass is 16.5. The highest BCUT2D eigenvalue weighted by Crippen LogP contribution is 1.86. The van der Waals surface area contributed by atoms with E-state index >= 15 is 0 Å². The Balaban J connectivity index is 3.67. The lowest BCUT2D eigenvalue weighted by Gasteiger charge is -2.06. The molecule has 0 fully saturated rings. The number of allylic oxidation sites excluding steroid dienone is 3. The van der Waals surface area contributed by atoms with Gasteiger partial charge in [0.15, 0.2) is 0 Å². The zero-order valence-electron chi connectivity index (χ0n) is 7.06. The van der Waals surface area contributed by atoms with Crippen LogP contribution in [0, 0.1) is 0 Å². The van der Waals surface area contributed by atoms with Crippen LogP contribution in [-0.4, -0.2) is 31.4 Å². The van der Waals surface area contributed by atoms with Gasteiger partial charge in [-0.25, -0.2) is 4.79 Å². The van der Waals surface area contributed by atoms with Crippen LogP contribution in [0.3, 0.4) is 0 Å². The van der Waals surface area contributed by atoms with Gasteiger partial charge in [-0.3, -0.25) is 4.79 Å². The molecule has 0 aromatic rings. The van der Waals surface area contributed by atoms with E-state index in [0.29, 0.717) is 6.29 Å². The zero-order valence-corrected chi connectivity index (χ0v) is 7.06. The molecule has 4 nitrogen and oxygen atoms in total. The zero-order chi connectivity index (χ0) is 9.40. The summed E-state index contributed by atoms with van der Waals surface area (Å²) in [6, 6.07) is 0. The number of hydrogen-bond donors (Lipinski definition) is 0. The Labute approximate surface area is 71.1 Å². The van der Waals surface area contributed by atoms with Crippen molar-refractivity contribution in [1.29, 1.82) is 0 Å². The Kier molecular flexibility index (Phi) is 5.34. The fourth-order valence-electron chi connectivity index (χ4n) is 0.358. The smallest absolute Gasteiger partial charge is 0.414 e. The lowest BCUT2D eigenvalue weighted by Crippen LogP contribution is -2.20. The van der Waals surface area contributed by atoms with Gasteiger partial charge in [0, 0.05) is 14.1 Å². The third-order valence-corrected chi connectivity index (χ3v) is 0.913. The molecule has 0 aromatic heterocycles. The first-order valence-corrected chi connectivity index (χ1v) is 3.33. The molecule has 0 atom stereocenters. The topological polar surface area (TPSA) is 46.6 Å². The number of aldehydes is 1. The van der Waals surface area contributed by atoms with Crippen LogP contribution >= 0.6 is 0 Å². The average molecular weight is 169 g/mol. The van der Waals surface area contributed by atoms with Crippen LogP contribution in [0.25, 0.3) is 0 Å². The molecular weight excluding hydrogens is 158 g/mol. The van der Waals surface area contributed by atoms with Crippen LogP contribution < -0.4 is 0 Å². The summed E-state index contributed by atoms with van der Waals surface area (Å²) in [6.45, 7) is 0. The molecule has 0 aliphatic carbocycles. The van der Waals surface area contributed by atoms with Crippen LogP contribution in [0.1, 0.15) is 0 Å². The number of carbonyl (C=O) groups is 2. The fourth-order valence-corrected chi connectivity index (χ4v) is 0.358. The van der Waals surface area contributed by atoms with E-state index in [-0.39, 0.29) is 0 Å². The first kappa shape index (κ1) is 10.4. The molecule has 0 aliphatic heterocycles. The highest BCUT2D eigenvalue weighted by molar-refractivity contribution is 5.67. The first-order valence-electron chi connectivity index (χ1n) is 3.33. The Hall–Kier alpha value is -1.58. The van der Waals surface area contributed by atoms with Crippen molar-refractivity contribution in [2.75, 3.05) is 14.1 Å². The van der Waals surface area contributed by atoms with E-state index in [1.165, 1.54) is 29.4 Å². The first-order chi connectivity index (χ1) is 5.68. The lowest BCUT2D eigenvalue weighted by atomic mass is 10.5. The molecule has 0 rings (SSSR count). The fraction of sp³-hybridized carbons (Fsp3) is 0.250. The molecule has 1 amide bonds. The molecule has 0 saturated heterocycles. The molecule has 0 aliphatic rings. The van der Waals surface area contributed by atoms with Crippen molar-refractivity contribution in [2.24, 2.45) is 0 Å². The van der Waals surface area contributed by atoms with Gasteiger partial charge in [0.05, 0.1) is 6.26 Å². The molecule has 0 radical (unpaired) electrons. The molecule has 0 N–H and O–H groups in total. The van der Waals surface area contributed by atoms with E-state index in [1.807, 2.05) is 0 Å². The molecule has 66 valence electrons. The standard InChI is InChI=1S/C8H11NO3/c1-9(2)8(11)12-7-5-3-4-6-10/h3-7H,1-2H3/b4-3+,7-5+. The van der Waals surface area contributed by atoms with Crippen molar-refractivity contribution in [3.63, 3.8) is 0 Å². The van der Waals surface area contributed by atoms with Crippen molar-refractivity contribution in [3.05, 3.63) is 24.5 Å². The summed E-state index contributed by atoms with van der Waals surface area (Å²) in [5.41, 5.74) is 0. The molecule has 0 spiro atoms. The molecule has 0 saturated carbocycles. The minimum atomic E-state index is -0.453. The van der Waals surface area contributed by atoms with E-state index < -0.39 is 6.09 Å². The molecule has 4 heteroatoms. The van der Waals surface area contributed by atoms with Gasteiger partial charge in [-0.05, 0) is 12.2 Å². The maximum absolute atomic E-state index is 10.7. The summed E-state index contributed by atoms with van der Waals surface area (Å²) in [7, 11) is 3.16. The Morgan fingerprint density at radius 1 is 1.25 bits per heavy atom. The molecule has 0 aromatic carbocycles. The average Bonchev–Trinajstić information content (AvgIpc) is 2.03. The quantitative estimate of drug-likeness (QED) is 0.273. The van der Waals surface area contributed by atoms with Crippen LogP contribution in [-0.2, 0) is 9.53 Å². The summed E-state index contributed by atoms with van der Waals surface area (Å²) >= 11 is 0. The molecule has 12 heavy (non-hydrogen) atoms. The van der Waals surface area contributed by atoms with Crippen molar-refractivity contribution in [3.8, 4) is 0 Å². The van der Waals surface area contributed by atoms with Crippen LogP contribution in [0.15, 0.2) is 24.5 Å². The van der Waals surface area contributed by atoms with Gasteiger partial charge >= 0.3 is 6.09 Å². The molecular formula is C8H11NO3. The largest absolute Gasteiger partial charge is 0.418 e.